The Morgan fingerprint density at radius 2 is 1.85 bits per heavy atom. The highest BCUT2D eigenvalue weighted by atomic mass is 15.3. The normalized spacial score (nSPS) is 12.0. The third-order valence-electron chi connectivity index (χ3n) is 3.15. The first-order chi connectivity index (χ1) is 9.47. The lowest BCUT2D eigenvalue weighted by Gasteiger charge is -2.20. The molecule has 0 spiro atoms. The van der Waals surface area contributed by atoms with Crippen LogP contribution in [0.1, 0.15) is 26.5 Å². The minimum Gasteiger partial charge on any atom is -0.271 e. The Bertz CT molecular complexity index is 769. The van der Waals surface area contributed by atoms with E-state index in [1.165, 1.54) is 6.33 Å². The van der Waals surface area contributed by atoms with Gasteiger partial charge in [0, 0.05) is 18.0 Å². The summed E-state index contributed by atoms with van der Waals surface area (Å²) in [5.74, 6) is 0. The highest BCUT2D eigenvalue weighted by Gasteiger charge is 2.24. The molecule has 0 aliphatic carbocycles. The SMILES string of the molecule is Cn1ncc(-c2cnc3cncnc3n2)c1C(C)(C)C. The zero-order valence-corrected chi connectivity index (χ0v) is 12.0. The molecule has 0 N–H and O–H groups in total. The van der Waals surface area contributed by atoms with E-state index in [9.17, 15) is 0 Å². The largest absolute Gasteiger partial charge is 0.271 e. The van der Waals surface area contributed by atoms with Gasteiger partial charge >= 0.3 is 0 Å². The van der Waals surface area contributed by atoms with E-state index in [2.05, 4.69) is 45.8 Å². The van der Waals surface area contributed by atoms with Crippen LogP contribution in [0.2, 0.25) is 0 Å². The van der Waals surface area contributed by atoms with Crippen LogP contribution >= 0.6 is 0 Å². The maximum atomic E-state index is 4.57. The second-order valence-corrected chi connectivity index (χ2v) is 5.77. The average Bonchev–Trinajstić information content (AvgIpc) is 2.80. The van der Waals surface area contributed by atoms with E-state index in [-0.39, 0.29) is 5.41 Å². The fourth-order valence-corrected chi connectivity index (χ4v) is 2.41. The number of hydrogen-bond donors (Lipinski definition) is 0. The summed E-state index contributed by atoms with van der Waals surface area (Å²) in [4.78, 5) is 17.0. The van der Waals surface area contributed by atoms with Crippen LogP contribution in [0.5, 0.6) is 0 Å². The van der Waals surface area contributed by atoms with Gasteiger partial charge in [0.1, 0.15) is 11.8 Å². The third-order valence-corrected chi connectivity index (χ3v) is 3.15. The van der Waals surface area contributed by atoms with Crippen LogP contribution in [0.15, 0.2) is 24.9 Å². The van der Waals surface area contributed by atoms with Gasteiger partial charge in [-0.3, -0.25) is 4.68 Å². The lowest BCUT2D eigenvalue weighted by atomic mass is 9.88. The number of fused-ring (bicyclic) bond motifs is 1. The molecule has 20 heavy (non-hydrogen) atoms. The molecule has 0 bridgehead atoms. The molecule has 0 atom stereocenters. The maximum Gasteiger partial charge on any atom is 0.181 e. The molecule has 3 aromatic heterocycles. The Balaban J connectivity index is 2.21. The van der Waals surface area contributed by atoms with Gasteiger partial charge in [0.25, 0.3) is 0 Å². The Kier molecular flexibility index (Phi) is 2.74. The smallest absolute Gasteiger partial charge is 0.181 e. The topological polar surface area (TPSA) is 69.4 Å². The predicted molar refractivity (Wildman–Crippen MR) is 76.0 cm³/mol. The summed E-state index contributed by atoms with van der Waals surface area (Å²) >= 11 is 0. The summed E-state index contributed by atoms with van der Waals surface area (Å²) in [6, 6.07) is 0. The summed E-state index contributed by atoms with van der Waals surface area (Å²) < 4.78 is 1.89. The van der Waals surface area contributed by atoms with Crippen LogP contribution in [-0.4, -0.2) is 29.7 Å². The van der Waals surface area contributed by atoms with Gasteiger partial charge in [-0.1, -0.05) is 20.8 Å². The second kappa shape index (κ2) is 4.33. The van der Waals surface area contributed by atoms with Crippen molar-refractivity contribution >= 4 is 11.2 Å². The fraction of sp³-hybridized carbons (Fsp3) is 0.357. The van der Waals surface area contributed by atoms with Crippen molar-refractivity contribution in [2.45, 2.75) is 26.2 Å². The van der Waals surface area contributed by atoms with Gasteiger partial charge in [0.15, 0.2) is 5.65 Å². The van der Waals surface area contributed by atoms with Crippen LogP contribution in [0.4, 0.5) is 0 Å². The van der Waals surface area contributed by atoms with Crippen molar-refractivity contribution in [2.75, 3.05) is 0 Å². The van der Waals surface area contributed by atoms with Gasteiger partial charge in [-0.05, 0) is 0 Å². The second-order valence-electron chi connectivity index (χ2n) is 5.77. The van der Waals surface area contributed by atoms with E-state index in [4.69, 9.17) is 0 Å². The van der Waals surface area contributed by atoms with Gasteiger partial charge in [-0.25, -0.2) is 19.9 Å². The van der Waals surface area contributed by atoms with Crippen molar-refractivity contribution in [1.29, 1.82) is 0 Å². The van der Waals surface area contributed by atoms with Gasteiger partial charge in [0.2, 0.25) is 0 Å². The molecule has 3 aromatic rings. The van der Waals surface area contributed by atoms with E-state index in [0.29, 0.717) is 11.2 Å². The van der Waals surface area contributed by atoms with Crippen LogP contribution in [0.25, 0.3) is 22.4 Å². The molecule has 0 amide bonds. The zero-order chi connectivity index (χ0) is 14.3. The number of aromatic nitrogens is 6. The Labute approximate surface area is 116 Å². The maximum absolute atomic E-state index is 4.57. The molecule has 0 radical (unpaired) electrons. The van der Waals surface area contributed by atoms with E-state index < -0.39 is 0 Å². The summed E-state index contributed by atoms with van der Waals surface area (Å²) in [6.07, 6.45) is 6.72. The van der Waals surface area contributed by atoms with Crippen molar-refractivity contribution in [3.05, 3.63) is 30.6 Å². The van der Waals surface area contributed by atoms with Gasteiger partial charge in [0.05, 0.1) is 30.0 Å². The highest BCUT2D eigenvalue weighted by molar-refractivity contribution is 5.73. The first-order valence-corrected chi connectivity index (χ1v) is 6.42. The molecule has 3 rings (SSSR count). The van der Waals surface area contributed by atoms with Gasteiger partial charge in [-0.15, -0.1) is 0 Å². The summed E-state index contributed by atoms with van der Waals surface area (Å²) in [7, 11) is 1.95. The molecule has 0 saturated heterocycles. The summed E-state index contributed by atoms with van der Waals surface area (Å²) in [5.41, 5.74) is 4.17. The summed E-state index contributed by atoms with van der Waals surface area (Å²) in [6.45, 7) is 6.47. The number of nitrogens with zero attached hydrogens (tertiary/aromatic N) is 6. The van der Waals surface area contributed by atoms with Crippen LogP contribution < -0.4 is 0 Å². The fourth-order valence-electron chi connectivity index (χ4n) is 2.41. The van der Waals surface area contributed by atoms with Crippen molar-refractivity contribution in [2.24, 2.45) is 7.05 Å². The van der Waals surface area contributed by atoms with E-state index in [1.54, 1.807) is 12.4 Å². The first kappa shape index (κ1) is 12.7. The third kappa shape index (κ3) is 2.03. The molecule has 0 fully saturated rings. The lowest BCUT2D eigenvalue weighted by molar-refractivity contribution is 0.524. The van der Waals surface area contributed by atoms with Crippen molar-refractivity contribution in [1.82, 2.24) is 29.7 Å². The van der Waals surface area contributed by atoms with E-state index in [1.807, 2.05) is 17.9 Å². The van der Waals surface area contributed by atoms with Crippen LogP contribution in [0, 0.1) is 0 Å². The Morgan fingerprint density at radius 3 is 2.60 bits per heavy atom. The Morgan fingerprint density at radius 1 is 1.05 bits per heavy atom. The molecule has 0 unspecified atom stereocenters. The van der Waals surface area contributed by atoms with E-state index in [0.717, 1.165) is 17.0 Å². The lowest BCUT2D eigenvalue weighted by Crippen LogP contribution is -2.17. The van der Waals surface area contributed by atoms with Crippen molar-refractivity contribution < 1.29 is 0 Å². The van der Waals surface area contributed by atoms with Gasteiger partial charge in [-0.2, -0.15) is 5.10 Å². The van der Waals surface area contributed by atoms with Crippen LogP contribution in [-0.2, 0) is 12.5 Å². The molecule has 0 aliphatic rings. The quantitative estimate of drug-likeness (QED) is 0.676. The van der Waals surface area contributed by atoms with Crippen molar-refractivity contribution in [3.63, 3.8) is 0 Å². The molecule has 6 nitrogen and oxygen atoms in total. The molecular formula is C14H16N6. The number of aryl methyl sites for hydroxylation is 1. The standard InChI is InChI=1S/C14H16N6/c1-14(2,3)12-9(5-18-20(12)4)10-7-16-11-6-15-8-17-13(11)19-10/h5-8H,1-4H3. The first-order valence-electron chi connectivity index (χ1n) is 6.42. The number of rotatable bonds is 1. The highest BCUT2D eigenvalue weighted by Crippen LogP contribution is 2.31. The minimum absolute atomic E-state index is 0.0249. The minimum atomic E-state index is -0.0249. The molecule has 0 saturated carbocycles. The monoisotopic (exact) mass is 268 g/mol. The van der Waals surface area contributed by atoms with Gasteiger partial charge < -0.3 is 0 Å². The summed E-state index contributed by atoms with van der Waals surface area (Å²) in [5, 5.41) is 4.36. The molecule has 0 aliphatic heterocycles. The molecule has 0 aromatic carbocycles. The molecule has 6 heteroatoms. The average molecular weight is 268 g/mol. The number of hydrogen-bond acceptors (Lipinski definition) is 5. The molecule has 102 valence electrons. The molecule has 3 heterocycles. The Hall–Kier alpha value is -2.37. The predicted octanol–water partition coefficient (Wildman–Crippen LogP) is 2.12. The van der Waals surface area contributed by atoms with E-state index >= 15 is 0 Å². The van der Waals surface area contributed by atoms with Crippen LogP contribution in [0.3, 0.4) is 0 Å². The molecular weight excluding hydrogens is 252 g/mol. The van der Waals surface area contributed by atoms with Crippen molar-refractivity contribution in [3.8, 4) is 11.3 Å². The zero-order valence-electron chi connectivity index (χ0n) is 12.0.